The molecule has 1 aromatic carbocycles. The first kappa shape index (κ1) is 13.2. The van der Waals surface area contributed by atoms with Gasteiger partial charge in [-0.25, -0.2) is 0 Å². The first-order valence-corrected chi connectivity index (χ1v) is 7.20. The van der Waals surface area contributed by atoms with E-state index in [0.717, 1.165) is 23.4 Å². The average Bonchev–Trinajstić information content (AvgIpc) is 2.37. The molecule has 0 saturated heterocycles. The quantitative estimate of drug-likeness (QED) is 0.787. The van der Waals surface area contributed by atoms with Gasteiger partial charge in [-0.2, -0.15) is 0 Å². The van der Waals surface area contributed by atoms with Crippen molar-refractivity contribution in [2.75, 3.05) is 5.32 Å². The van der Waals surface area contributed by atoms with Crippen LogP contribution in [0, 0.1) is 11.8 Å². The highest BCUT2D eigenvalue weighted by molar-refractivity contribution is 5.81. The van der Waals surface area contributed by atoms with Crippen LogP contribution in [0.15, 0.2) is 36.0 Å². The van der Waals surface area contributed by atoms with Crippen LogP contribution in [0.3, 0.4) is 0 Å². The molecule has 1 aromatic rings. The van der Waals surface area contributed by atoms with Crippen molar-refractivity contribution in [1.82, 2.24) is 0 Å². The van der Waals surface area contributed by atoms with Gasteiger partial charge in [0.05, 0.1) is 5.92 Å². The number of fused-ring (bicyclic) bond motifs is 1. The molecule has 0 radical (unpaired) electrons. The second kappa shape index (κ2) is 5.29. The summed E-state index contributed by atoms with van der Waals surface area (Å²) in [6.45, 7) is 0. The zero-order chi connectivity index (χ0) is 14.1. The maximum absolute atomic E-state index is 11.8. The van der Waals surface area contributed by atoms with Crippen LogP contribution in [0.2, 0.25) is 0 Å². The number of benzene rings is 1. The largest absolute Gasteiger partial charge is 0.384 e. The molecule has 0 bridgehead atoms. The molecular formula is C16H20N2O2. The number of primary amides is 1. The number of amides is 1. The molecule has 2 unspecified atom stereocenters. The third-order valence-electron chi connectivity index (χ3n) is 4.41. The Morgan fingerprint density at radius 3 is 2.80 bits per heavy atom. The van der Waals surface area contributed by atoms with Crippen LogP contribution in [-0.2, 0) is 4.79 Å². The number of carbonyl (C=O) groups excluding carboxylic acids is 1. The zero-order valence-electron chi connectivity index (χ0n) is 11.4. The van der Waals surface area contributed by atoms with Gasteiger partial charge >= 0.3 is 0 Å². The van der Waals surface area contributed by atoms with Crippen molar-refractivity contribution in [1.29, 1.82) is 0 Å². The first-order chi connectivity index (χ1) is 9.65. The summed E-state index contributed by atoms with van der Waals surface area (Å²) in [7, 11) is 0. The van der Waals surface area contributed by atoms with Gasteiger partial charge in [0.15, 0.2) is 0 Å². The summed E-state index contributed by atoms with van der Waals surface area (Å²) in [5.74, 6) is -0.0601. The topological polar surface area (TPSA) is 75.4 Å². The number of para-hydroxylation sites is 1. The third kappa shape index (κ3) is 2.43. The fraction of sp³-hybridized carbons (Fsp3) is 0.438. The highest BCUT2D eigenvalue weighted by Crippen LogP contribution is 2.38. The molecule has 106 valence electrons. The fourth-order valence-corrected chi connectivity index (χ4v) is 2.99. The van der Waals surface area contributed by atoms with Gasteiger partial charge in [-0.15, -0.1) is 0 Å². The molecule has 1 heterocycles. The summed E-state index contributed by atoms with van der Waals surface area (Å²) in [5.41, 5.74) is 8.00. The molecule has 1 aliphatic carbocycles. The van der Waals surface area contributed by atoms with Gasteiger partial charge in [0.1, 0.15) is 6.10 Å². The fourth-order valence-electron chi connectivity index (χ4n) is 2.99. The Morgan fingerprint density at radius 1 is 1.40 bits per heavy atom. The Morgan fingerprint density at radius 2 is 2.15 bits per heavy atom. The van der Waals surface area contributed by atoms with Crippen LogP contribution < -0.4 is 11.1 Å². The van der Waals surface area contributed by atoms with E-state index in [1.807, 2.05) is 24.3 Å². The van der Waals surface area contributed by atoms with Crippen molar-refractivity contribution in [2.45, 2.75) is 31.8 Å². The van der Waals surface area contributed by atoms with E-state index in [9.17, 15) is 9.90 Å². The lowest BCUT2D eigenvalue weighted by Gasteiger charge is -2.32. The van der Waals surface area contributed by atoms with E-state index in [2.05, 4.69) is 5.32 Å². The second-order valence-corrected chi connectivity index (χ2v) is 5.77. The van der Waals surface area contributed by atoms with Crippen LogP contribution >= 0.6 is 0 Å². The number of hydrogen-bond donors (Lipinski definition) is 3. The van der Waals surface area contributed by atoms with Crippen LogP contribution in [0.1, 0.15) is 37.4 Å². The van der Waals surface area contributed by atoms with E-state index in [0.29, 0.717) is 5.92 Å². The van der Waals surface area contributed by atoms with Crippen molar-refractivity contribution in [2.24, 2.45) is 17.6 Å². The predicted octanol–water partition coefficient (Wildman–Crippen LogP) is 2.32. The minimum Gasteiger partial charge on any atom is -0.384 e. The first-order valence-electron chi connectivity index (χ1n) is 7.20. The van der Waals surface area contributed by atoms with Crippen molar-refractivity contribution >= 4 is 11.6 Å². The number of rotatable bonds is 4. The molecule has 1 fully saturated rings. The highest BCUT2D eigenvalue weighted by Gasteiger charge is 2.30. The Bertz CT molecular complexity index is 549. The SMILES string of the molecule is NC(=O)C(CC1CCC1)C1=CC(O)c2ccccc2N1. The monoisotopic (exact) mass is 272 g/mol. The number of aliphatic hydroxyl groups excluding tert-OH is 1. The molecular weight excluding hydrogens is 252 g/mol. The maximum atomic E-state index is 11.8. The molecule has 0 aromatic heterocycles. The Hall–Kier alpha value is -1.81. The molecule has 1 aliphatic heterocycles. The summed E-state index contributed by atoms with van der Waals surface area (Å²) in [6.07, 6.45) is 5.42. The maximum Gasteiger partial charge on any atom is 0.226 e. The molecule has 4 nitrogen and oxygen atoms in total. The number of carbonyl (C=O) groups is 1. The molecule has 4 heteroatoms. The van der Waals surface area contributed by atoms with Crippen LogP contribution in [0.25, 0.3) is 0 Å². The van der Waals surface area contributed by atoms with Gasteiger partial charge in [-0.05, 0) is 24.5 Å². The number of anilines is 1. The summed E-state index contributed by atoms with van der Waals surface area (Å²) in [5, 5.41) is 13.5. The summed E-state index contributed by atoms with van der Waals surface area (Å²) >= 11 is 0. The van der Waals surface area contributed by atoms with E-state index in [1.54, 1.807) is 6.08 Å². The molecule has 3 rings (SSSR count). The predicted molar refractivity (Wildman–Crippen MR) is 77.7 cm³/mol. The Kier molecular flexibility index (Phi) is 3.49. The Labute approximate surface area is 118 Å². The summed E-state index contributed by atoms with van der Waals surface area (Å²) in [4.78, 5) is 11.8. The number of hydrogen-bond acceptors (Lipinski definition) is 3. The molecule has 2 aliphatic rings. The standard InChI is InChI=1S/C16H20N2O2/c17-16(20)12(8-10-4-3-5-10)14-9-15(19)11-6-1-2-7-13(11)18-14/h1-2,6-7,9-10,12,15,18-19H,3-5,8H2,(H2,17,20). The second-order valence-electron chi connectivity index (χ2n) is 5.77. The molecule has 0 spiro atoms. The molecule has 4 N–H and O–H groups in total. The average molecular weight is 272 g/mol. The van der Waals surface area contributed by atoms with Gasteiger partial charge in [-0.3, -0.25) is 4.79 Å². The van der Waals surface area contributed by atoms with E-state index in [4.69, 9.17) is 5.73 Å². The van der Waals surface area contributed by atoms with E-state index in [-0.39, 0.29) is 11.8 Å². The summed E-state index contributed by atoms with van der Waals surface area (Å²) < 4.78 is 0. The highest BCUT2D eigenvalue weighted by atomic mass is 16.3. The van der Waals surface area contributed by atoms with Gasteiger partial charge in [0, 0.05) is 16.9 Å². The van der Waals surface area contributed by atoms with E-state index >= 15 is 0 Å². The minimum absolute atomic E-state index is 0.317. The zero-order valence-corrected chi connectivity index (χ0v) is 11.4. The van der Waals surface area contributed by atoms with Crippen LogP contribution in [0.4, 0.5) is 5.69 Å². The van der Waals surface area contributed by atoms with Crippen molar-refractivity contribution in [3.8, 4) is 0 Å². The van der Waals surface area contributed by atoms with Gasteiger partial charge in [0.25, 0.3) is 0 Å². The van der Waals surface area contributed by atoms with Crippen LogP contribution in [0.5, 0.6) is 0 Å². The van der Waals surface area contributed by atoms with Crippen molar-refractivity contribution in [3.05, 3.63) is 41.6 Å². The lowest BCUT2D eigenvalue weighted by molar-refractivity contribution is -0.121. The molecule has 20 heavy (non-hydrogen) atoms. The number of nitrogens with two attached hydrogens (primary N) is 1. The minimum atomic E-state index is -0.675. The van der Waals surface area contributed by atoms with Crippen molar-refractivity contribution < 1.29 is 9.90 Å². The molecule has 1 amide bonds. The lowest BCUT2D eigenvalue weighted by Crippen LogP contribution is -2.32. The Balaban J connectivity index is 1.83. The molecule has 2 atom stereocenters. The van der Waals surface area contributed by atoms with Gasteiger partial charge in [0.2, 0.25) is 5.91 Å². The smallest absolute Gasteiger partial charge is 0.226 e. The number of nitrogens with one attached hydrogen (secondary N) is 1. The van der Waals surface area contributed by atoms with Crippen LogP contribution in [-0.4, -0.2) is 11.0 Å². The third-order valence-corrected chi connectivity index (χ3v) is 4.41. The number of aliphatic hydroxyl groups is 1. The summed E-state index contributed by atoms with van der Waals surface area (Å²) in [6, 6.07) is 7.59. The van der Waals surface area contributed by atoms with E-state index < -0.39 is 6.10 Å². The molecule has 1 saturated carbocycles. The van der Waals surface area contributed by atoms with Gasteiger partial charge < -0.3 is 16.2 Å². The van der Waals surface area contributed by atoms with Crippen molar-refractivity contribution in [3.63, 3.8) is 0 Å². The van der Waals surface area contributed by atoms with Gasteiger partial charge in [-0.1, -0.05) is 37.5 Å². The van der Waals surface area contributed by atoms with E-state index in [1.165, 1.54) is 19.3 Å². The lowest BCUT2D eigenvalue weighted by atomic mass is 9.77. The normalized spacial score (nSPS) is 23.1.